The zero-order valence-corrected chi connectivity index (χ0v) is 10.3. The summed E-state index contributed by atoms with van der Waals surface area (Å²) in [6.45, 7) is 4.00. The van der Waals surface area contributed by atoms with E-state index in [4.69, 9.17) is 27.0 Å². The fraction of sp³-hybridized carbons (Fsp3) is 0.400. The van der Waals surface area contributed by atoms with E-state index < -0.39 is 10.4 Å². The van der Waals surface area contributed by atoms with E-state index in [9.17, 15) is 0 Å². The maximum absolute atomic E-state index is 8.74. The Balaban J connectivity index is 0.000000437. The van der Waals surface area contributed by atoms with Crippen LogP contribution in [-0.2, 0) is 15.1 Å². The van der Waals surface area contributed by atoms with Gasteiger partial charge >= 0.3 is 10.4 Å². The Morgan fingerprint density at radius 3 is 2.12 bits per heavy atom. The molecular weight excluding hydrogens is 248 g/mol. The summed E-state index contributed by atoms with van der Waals surface area (Å²) < 4.78 is 42.1. The predicted molar refractivity (Wildman–Crippen MR) is 62.6 cm³/mol. The van der Waals surface area contributed by atoms with E-state index in [0.717, 1.165) is 12.4 Å². The van der Waals surface area contributed by atoms with Crippen molar-refractivity contribution in [2.45, 2.75) is 6.92 Å². The van der Waals surface area contributed by atoms with Crippen molar-refractivity contribution in [3.8, 4) is 5.75 Å². The van der Waals surface area contributed by atoms with Crippen molar-refractivity contribution in [1.82, 2.24) is 0 Å². The molecule has 2 N–H and O–H groups in total. The summed E-state index contributed by atoms with van der Waals surface area (Å²) in [7, 11) is -4.67. The maximum atomic E-state index is 8.74. The van der Waals surface area contributed by atoms with Crippen LogP contribution in [0.15, 0.2) is 30.3 Å². The predicted octanol–water partition coefficient (Wildman–Crippen LogP) is 1.45. The number of hydrogen-bond acceptors (Lipinski definition) is 4. The first kappa shape index (κ1) is 15.9. The Labute approximate surface area is 101 Å². The van der Waals surface area contributed by atoms with Gasteiger partial charge in [-0.05, 0) is 19.1 Å². The highest BCUT2D eigenvalue weighted by molar-refractivity contribution is 7.79. The number of benzene rings is 1. The lowest BCUT2D eigenvalue weighted by molar-refractivity contribution is 0.110. The molecule has 0 aliphatic rings. The second-order valence-electron chi connectivity index (χ2n) is 2.81. The molecular formula is C10H16O6S. The third kappa shape index (κ3) is 14.8. The summed E-state index contributed by atoms with van der Waals surface area (Å²) in [6.07, 6.45) is 0. The molecule has 0 aromatic heterocycles. The third-order valence-corrected chi connectivity index (χ3v) is 1.44. The summed E-state index contributed by atoms with van der Waals surface area (Å²) in [4.78, 5) is 0. The monoisotopic (exact) mass is 264 g/mol. The highest BCUT2D eigenvalue weighted by atomic mass is 32.3. The molecule has 1 aromatic rings. The van der Waals surface area contributed by atoms with Crippen molar-refractivity contribution in [1.29, 1.82) is 0 Å². The summed E-state index contributed by atoms with van der Waals surface area (Å²) in [5.41, 5.74) is 0. The smallest absolute Gasteiger partial charge is 0.394 e. The third-order valence-electron chi connectivity index (χ3n) is 1.44. The standard InChI is InChI=1S/C10H14O2.H2O4S/c1-2-11-8-9-12-10-6-4-3-5-7-10;1-5(2,3)4/h3-7H,2,8-9H2,1H3;(H2,1,2,3,4). The molecule has 0 bridgehead atoms. The van der Waals surface area contributed by atoms with E-state index in [-0.39, 0.29) is 0 Å². The quantitative estimate of drug-likeness (QED) is 0.617. The molecule has 0 fully saturated rings. The molecule has 0 aliphatic carbocycles. The Kier molecular flexibility index (Phi) is 8.34. The van der Waals surface area contributed by atoms with Crippen LogP contribution in [0.5, 0.6) is 5.75 Å². The van der Waals surface area contributed by atoms with Crippen molar-refractivity contribution in [2.75, 3.05) is 19.8 Å². The van der Waals surface area contributed by atoms with Crippen LogP contribution in [0.2, 0.25) is 0 Å². The Hall–Kier alpha value is -1.15. The van der Waals surface area contributed by atoms with Crippen LogP contribution in [0.25, 0.3) is 0 Å². The number of ether oxygens (including phenoxy) is 2. The molecule has 98 valence electrons. The molecule has 7 heteroatoms. The Bertz CT molecular complexity index is 367. The lowest BCUT2D eigenvalue weighted by atomic mass is 10.3. The van der Waals surface area contributed by atoms with E-state index >= 15 is 0 Å². The van der Waals surface area contributed by atoms with Gasteiger partial charge in [0.25, 0.3) is 0 Å². The van der Waals surface area contributed by atoms with Crippen molar-refractivity contribution in [3.05, 3.63) is 30.3 Å². The van der Waals surface area contributed by atoms with Crippen LogP contribution >= 0.6 is 0 Å². The molecule has 0 radical (unpaired) electrons. The molecule has 0 saturated heterocycles. The van der Waals surface area contributed by atoms with Crippen LogP contribution in [0.4, 0.5) is 0 Å². The van der Waals surface area contributed by atoms with Gasteiger partial charge in [0.1, 0.15) is 12.4 Å². The number of para-hydroxylation sites is 1. The normalized spacial score (nSPS) is 10.3. The van der Waals surface area contributed by atoms with Gasteiger partial charge in [0.05, 0.1) is 6.61 Å². The van der Waals surface area contributed by atoms with Gasteiger partial charge in [0, 0.05) is 6.61 Å². The van der Waals surface area contributed by atoms with Crippen molar-refractivity contribution in [2.24, 2.45) is 0 Å². The highest BCUT2D eigenvalue weighted by Gasteiger charge is 1.89. The summed E-state index contributed by atoms with van der Waals surface area (Å²) in [5, 5.41) is 0. The van der Waals surface area contributed by atoms with Gasteiger partial charge in [-0.2, -0.15) is 8.42 Å². The zero-order chi connectivity index (χ0) is 13.1. The minimum absolute atomic E-state index is 0.623. The summed E-state index contributed by atoms with van der Waals surface area (Å²) in [5.74, 6) is 0.900. The van der Waals surface area contributed by atoms with Crippen molar-refractivity contribution in [3.63, 3.8) is 0 Å². The average Bonchev–Trinajstić information content (AvgIpc) is 2.24. The summed E-state index contributed by atoms with van der Waals surface area (Å²) in [6, 6.07) is 9.75. The highest BCUT2D eigenvalue weighted by Crippen LogP contribution is 2.07. The topological polar surface area (TPSA) is 93.1 Å². The van der Waals surface area contributed by atoms with Gasteiger partial charge in [-0.15, -0.1) is 0 Å². The Morgan fingerprint density at radius 2 is 1.65 bits per heavy atom. The first-order valence-electron chi connectivity index (χ1n) is 4.89. The van der Waals surface area contributed by atoms with Crippen molar-refractivity contribution >= 4 is 10.4 Å². The zero-order valence-electron chi connectivity index (χ0n) is 9.44. The van der Waals surface area contributed by atoms with E-state index in [0.29, 0.717) is 13.2 Å². The van der Waals surface area contributed by atoms with E-state index in [1.165, 1.54) is 0 Å². The van der Waals surface area contributed by atoms with Crippen LogP contribution in [0, 0.1) is 0 Å². The molecule has 1 aromatic carbocycles. The average molecular weight is 264 g/mol. The van der Waals surface area contributed by atoms with E-state index in [1.807, 2.05) is 37.3 Å². The minimum Gasteiger partial charge on any atom is -0.491 e. The van der Waals surface area contributed by atoms with Crippen LogP contribution < -0.4 is 4.74 Å². The SMILES string of the molecule is CCOCCOc1ccccc1.O=S(=O)(O)O. The summed E-state index contributed by atoms with van der Waals surface area (Å²) >= 11 is 0. The second-order valence-corrected chi connectivity index (χ2v) is 3.70. The van der Waals surface area contributed by atoms with Gasteiger partial charge < -0.3 is 9.47 Å². The molecule has 0 spiro atoms. The largest absolute Gasteiger partial charge is 0.491 e. The molecule has 6 nitrogen and oxygen atoms in total. The molecule has 17 heavy (non-hydrogen) atoms. The molecule has 0 unspecified atom stereocenters. The van der Waals surface area contributed by atoms with Crippen molar-refractivity contribution < 1.29 is 27.0 Å². The molecule has 0 amide bonds. The Morgan fingerprint density at radius 1 is 1.12 bits per heavy atom. The molecule has 1 rings (SSSR count). The second kappa shape index (κ2) is 8.94. The van der Waals surface area contributed by atoms with Crippen LogP contribution in [0.1, 0.15) is 6.92 Å². The van der Waals surface area contributed by atoms with Gasteiger partial charge in [0.15, 0.2) is 0 Å². The van der Waals surface area contributed by atoms with Gasteiger partial charge in [-0.1, -0.05) is 18.2 Å². The molecule has 0 saturated carbocycles. The maximum Gasteiger partial charge on any atom is 0.394 e. The molecule has 0 heterocycles. The lowest BCUT2D eigenvalue weighted by Crippen LogP contribution is -2.05. The van der Waals surface area contributed by atoms with Crippen LogP contribution in [0.3, 0.4) is 0 Å². The first-order chi connectivity index (χ1) is 7.93. The van der Waals surface area contributed by atoms with Gasteiger partial charge in [0.2, 0.25) is 0 Å². The number of rotatable bonds is 5. The molecule has 0 aliphatic heterocycles. The minimum atomic E-state index is -4.67. The van der Waals surface area contributed by atoms with E-state index in [2.05, 4.69) is 0 Å². The van der Waals surface area contributed by atoms with E-state index in [1.54, 1.807) is 0 Å². The molecule has 0 atom stereocenters. The fourth-order valence-corrected chi connectivity index (χ4v) is 0.880. The lowest BCUT2D eigenvalue weighted by Gasteiger charge is -2.04. The number of hydrogen-bond donors (Lipinski definition) is 2. The van der Waals surface area contributed by atoms with Gasteiger partial charge in [-0.25, -0.2) is 0 Å². The van der Waals surface area contributed by atoms with Crippen LogP contribution in [-0.4, -0.2) is 37.3 Å². The first-order valence-corrected chi connectivity index (χ1v) is 6.28. The van der Waals surface area contributed by atoms with Gasteiger partial charge in [-0.3, -0.25) is 9.11 Å². The fourth-order valence-electron chi connectivity index (χ4n) is 0.880.